The number of nitrogen functional groups attached to an aromatic ring is 1. The van der Waals surface area contributed by atoms with Gasteiger partial charge in [-0.15, -0.1) is 0 Å². The van der Waals surface area contributed by atoms with Crippen LogP contribution in [0, 0.1) is 0 Å². The van der Waals surface area contributed by atoms with Crippen LogP contribution in [0.3, 0.4) is 0 Å². The second-order valence-electron chi connectivity index (χ2n) is 5.07. The summed E-state index contributed by atoms with van der Waals surface area (Å²) in [6.07, 6.45) is -4.31. The molecule has 0 aliphatic rings. The van der Waals surface area contributed by atoms with Crippen molar-refractivity contribution in [2.45, 2.75) is 19.3 Å². The molecule has 2 aromatic carbocycles. The summed E-state index contributed by atoms with van der Waals surface area (Å²) in [6, 6.07) is 12.9. The van der Waals surface area contributed by atoms with Crippen molar-refractivity contribution in [3.63, 3.8) is 0 Å². The van der Waals surface area contributed by atoms with E-state index in [9.17, 15) is 13.2 Å². The van der Waals surface area contributed by atoms with E-state index in [0.717, 1.165) is 11.6 Å². The van der Waals surface area contributed by atoms with Crippen LogP contribution < -0.4 is 5.73 Å². The Labute approximate surface area is 122 Å². The standard InChI is InChI=1S/C16H17F3N2/c1-21(11-13-6-2-3-8-15(13)20)10-12-5-4-7-14(9-12)16(17,18)19/h2-9H,10-11,20H2,1H3. The van der Waals surface area contributed by atoms with Gasteiger partial charge in [-0.3, -0.25) is 4.90 Å². The second-order valence-corrected chi connectivity index (χ2v) is 5.07. The maximum absolute atomic E-state index is 12.7. The van der Waals surface area contributed by atoms with Gasteiger partial charge in [-0.05, 0) is 30.3 Å². The van der Waals surface area contributed by atoms with Gasteiger partial charge in [0.15, 0.2) is 0 Å². The van der Waals surface area contributed by atoms with Crippen LogP contribution in [0.15, 0.2) is 48.5 Å². The first kappa shape index (κ1) is 15.4. The van der Waals surface area contributed by atoms with E-state index in [1.54, 1.807) is 6.07 Å². The van der Waals surface area contributed by atoms with E-state index < -0.39 is 11.7 Å². The van der Waals surface area contributed by atoms with E-state index in [4.69, 9.17) is 5.73 Å². The molecule has 0 radical (unpaired) electrons. The highest BCUT2D eigenvalue weighted by atomic mass is 19.4. The average Bonchev–Trinajstić information content (AvgIpc) is 2.41. The van der Waals surface area contributed by atoms with Gasteiger partial charge in [0, 0.05) is 18.8 Å². The molecule has 2 aromatic rings. The van der Waals surface area contributed by atoms with E-state index in [1.807, 2.05) is 36.2 Å². The van der Waals surface area contributed by atoms with Crippen molar-refractivity contribution in [1.29, 1.82) is 0 Å². The third kappa shape index (κ3) is 4.23. The number of hydrogen-bond donors (Lipinski definition) is 1. The van der Waals surface area contributed by atoms with E-state index >= 15 is 0 Å². The molecule has 0 unspecified atom stereocenters. The zero-order valence-corrected chi connectivity index (χ0v) is 11.7. The first-order valence-corrected chi connectivity index (χ1v) is 6.54. The lowest BCUT2D eigenvalue weighted by atomic mass is 10.1. The quantitative estimate of drug-likeness (QED) is 0.866. The molecule has 112 valence electrons. The first-order chi connectivity index (χ1) is 9.86. The molecule has 0 bridgehead atoms. The zero-order valence-electron chi connectivity index (χ0n) is 11.7. The Kier molecular flexibility index (Phi) is 4.53. The van der Waals surface area contributed by atoms with Crippen LogP contribution in [0.5, 0.6) is 0 Å². The smallest absolute Gasteiger partial charge is 0.398 e. The first-order valence-electron chi connectivity index (χ1n) is 6.54. The van der Waals surface area contributed by atoms with Gasteiger partial charge in [-0.2, -0.15) is 13.2 Å². The maximum atomic E-state index is 12.7. The van der Waals surface area contributed by atoms with E-state index in [-0.39, 0.29) is 0 Å². The normalized spacial score (nSPS) is 11.9. The Morgan fingerprint density at radius 2 is 1.71 bits per heavy atom. The minimum absolute atomic E-state index is 0.429. The maximum Gasteiger partial charge on any atom is 0.416 e. The minimum Gasteiger partial charge on any atom is -0.398 e. The van der Waals surface area contributed by atoms with Gasteiger partial charge in [-0.1, -0.05) is 36.4 Å². The molecule has 0 aliphatic carbocycles. The third-order valence-electron chi connectivity index (χ3n) is 3.20. The van der Waals surface area contributed by atoms with Gasteiger partial charge in [-0.25, -0.2) is 0 Å². The number of nitrogens with two attached hydrogens (primary N) is 1. The van der Waals surface area contributed by atoms with Gasteiger partial charge >= 0.3 is 6.18 Å². The summed E-state index contributed by atoms with van der Waals surface area (Å²) in [5.74, 6) is 0. The summed E-state index contributed by atoms with van der Waals surface area (Å²) in [5.41, 5.74) is 7.53. The second kappa shape index (κ2) is 6.18. The van der Waals surface area contributed by atoms with Gasteiger partial charge in [0.1, 0.15) is 0 Å². The molecule has 0 spiro atoms. The van der Waals surface area contributed by atoms with E-state index in [2.05, 4.69) is 0 Å². The van der Waals surface area contributed by atoms with Crippen LogP contribution in [0.2, 0.25) is 0 Å². The van der Waals surface area contributed by atoms with Crippen molar-refractivity contribution in [2.24, 2.45) is 0 Å². The fourth-order valence-corrected chi connectivity index (χ4v) is 2.18. The van der Waals surface area contributed by atoms with Gasteiger partial charge in [0.25, 0.3) is 0 Å². The molecular formula is C16H17F3N2. The number of nitrogens with zero attached hydrogens (tertiary/aromatic N) is 1. The predicted molar refractivity (Wildman–Crippen MR) is 77.5 cm³/mol. The lowest BCUT2D eigenvalue weighted by Crippen LogP contribution is -2.18. The summed E-state index contributed by atoms with van der Waals surface area (Å²) in [7, 11) is 1.85. The number of rotatable bonds is 4. The highest BCUT2D eigenvalue weighted by Gasteiger charge is 2.30. The van der Waals surface area contributed by atoms with E-state index in [1.165, 1.54) is 12.1 Å². The number of para-hydroxylation sites is 1. The van der Waals surface area contributed by atoms with Crippen LogP contribution in [0.25, 0.3) is 0 Å². The van der Waals surface area contributed by atoms with Gasteiger partial charge in [0.05, 0.1) is 5.56 Å². The fourth-order valence-electron chi connectivity index (χ4n) is 2.18. The van der Waals surface area contributed by atoms with Crippen LogP contribution in [0.4, 0.5) is 18.9 Å². The van der Waals surface area contributed by atoms with Crippen LogP contribution in [-0.2, 0) is 19.3 Å². The fraction of sp³-hybridized carbons (Fsp3) is 0.250. The highest BCUT2D eigenvalue weighted by molar-refractivity contribution is 5.46. The van der Waals surface area contributed by atoms with Crippen molar-refractivity contribution < 1.29 is 13.2 Å². The summed E-state index contributed by atoms with van der Waals surface area (Å²) in [5, 5.41) is 0. The monoisotopic (exact) mass is 294 g/mol. The Morgan fingerprint density at radius 3 is 2.38 bits per heavy atom. The number of anilines is 1. The number of hydrogen-bond acceptors (Lipinski definition) is 2. The molecular weight excluding hydrogens is 277 g/mol. The Morgan fingerprint density at radius 1 is 1.00 bits per heavy atom. The SMILES string of the molecule is CN(Cc1cccc(C(F)(F)F)c1)Cc1ccccc1N. The number of benzene rings is 2. The molecule has 0 amide bonds. The summed E-state index contributed by atoms with van der Waals surface area (Å²) in [6.45, 7) is 1.02. The van der Waals surface area contributed by atoms with Crippen molar-refractivity contribution >= 4 is 5.69 Å². The molecule has 0 fully saturated rings. The molecule has 2 rings (SSSR count). The van der Waals surface area contributed by atoms with Crippen LogP contribution >= 0.6 is 0 Å². The van der Waals surface area contributed by atoms with Crippen molar-refractivity contribution in [3.05, 3.63) is 65.2 Å². The molecule has 0 saturated carbocycles. The molecule has 0 heterocycles. The van der Waals surface area contributed by atoms with Crippen molar-refractivity contribution in [2.75, 3.05) is 12.8 Å². The summed E-state index contributed by atoms with van der Waals surface area (Å²) >= 11 is 0. The predicted octanol–water partition coefficient (Wildman–Crippen LogP) is 3.92. The molecule has 0 saturated heterocycles. The van der Waals surface area contributed by atoms with Crippen LogP contribution in [-0.4, -0.2) is 11.9 Å². The molecule has 0 aromatic heterocycles. The molecule has 0 atom stereocenters. The minimum atomic E-state index is -4.31. The topological polar surface area (TPSA) is 29.3 Å². The lowest BCUT2D eigenvalue weighted by molar-refractivity contribution is -0.137. The van der Waals surface area contributed by atoms with Gasteiger partial charge < -0.3 is 5.73 Å². The van der Waals surface area contributed by atoms with Crippen LogP contribution in [0.1, 0.15) is 16.7 Å². The number of halogens is 3. The molecule has 21 heavy (non-hydrogen) atoms. The van der Waals surface area contributed by atoms with Crippen molar-refractivity contribution in [1.82, 2.24) is 4.90 Å². The zero-order chi connectivity index (χ0) is 15.5. The van der Waals surface area contributed by atoms with Crippen molar-refractivity contribution in [3.8, 4) is 0 Å². The third-order valence-corrected chi connectivity index (χ3v) is 3.20. The lowest BCUT2D eigenvalue weighted by Gasteiger charge is -2.18. The summed E-state index contributed by atoms with van der Waals surface area (Å²) < 4.78 is 38.0. The van der Waals surface area contributed by atoms with Gasteiger partial charge in [0.2, 0.25) is 0 Å². The molecule has 2 nitrogen and oxygen atoms in total. The summed E-state index contributed by atoms with van der Waals surface area (Å²) in [4.78, 5) is 1.93. The molecule has 5 heteroatoms. The number of alkyl halides is 3. The Hall–Kier alpha value is -2.01. The largest absolute Gasteiger partial charge is 0.416 e. The highest BCUT2D eigenvalue weighted by Crippen LogP contribution is 2.29. The average molecular weight is 294 g/mol. The molecule has 0 aliphatic heterocycles. The molecule has 2 N–H and O–H groups in total. The van der Waals surface area contributed by atoms with E-state index in [0.29, 0.717) is 24.3 Å². The Bertz CT molecular complexity index is 608. The Balaban J connectivity index is 2.06.